The highest BCUT2D eigenvalue weighted by Crippen LogP contribution is 2.48. The van der Waals surface area contributed by atoms with E-state index in [-0.39, 0.29) is 0 Å². The Morgan fingerprint density at radius 2 is 0.941 bits per heavy atom. The van der Waals surface area contributed by atoms with Crippen LogP contribution in [0.25, 0.3) is 66.7 Å². The Kier molecular flexibility index (Phi) is 7.76. The predicted molar refractivity (Wildman–Crippen MR) is 213 cm³/mol. The van der Waals surface area contributed by atoms with E-state index in [1.54, 1.807) is 0 Å². The van der Waals surface area contributed by atoms with Crippen LogP contribution in [0.1, 0.15) is 0 Å². The van der Waals surface area contributed by atoms with Crippen molar-refractivity contribution in [3.63, 3.8) is 0 Å². The molecular formula is C47H32NO2P. The number of fused-ring (bicyclic) bond motifs is 3. The van der Waals surface area contributed by atoms with E-state index in [0.717, 1.165) is 82.6 Å². The molecule has 0 radical (unpaired) electrons. The molecule has 3 nitrogen and oxygen atoms in total. The van der Waals surface area contributed by atoms with Gasteiger partial charge in [0.2, 0.25) is 0 Å². The van der Waals surface area contributed by atoms with Gasteiger partial charge in [0.15, 0.2) is 12.7 Å². The van der Waals surface area contributed by atoms with Gasteiger partial charge in [0.05, 0.1) is 5.52 Å². The third-order valence-electron chi connectivity index (χ3n) is 9.57. The fourth-order valence-corrected chi connectivity index (χ4v) is 9.76. The molecule has 0 aliphatic rings. The largest absolute Gasteiger partial charge is 0.453 e. The van der Waals surface area contributed by atoms with Gasteiger partial charge in [0, 0.05) is 43.4 Å². The molecule has 0 unspecified atom stereocenters. The average molecular weight is 674 g/mol. The normalized spacial score (nSPS) is 11.6. The number of rotatable bonds is 7. The molecule has 2 heterocycles. The summed E-state index contributed by atoms with van der Waals surface area (Å²) in [5.74, 6) is 0.742. The standard InChI is InChI=1S/C47H32NO2P/c49-51(38-22-9-3-10-23-38,39-24-11-4-12-25-39)40-30-28-35(29-31-40)46-43(37-21-15-20-36(32-37)33-16-5-1-6-17-33)44-41-26-13-14-27-42(41)48-45(47(44)50-46)34-18-7-2-8-19-34/h1-32H. The topological polar surface area (TPSA) is 43.1 Å². The molecule has 0 spiro atoms. The summed E-state index contributed by atoms with van der Waals surface area (Å²) in [7, 11) is -3.15. The molecular weight excluding hydrogens is 641 g/mol. The minimum absolute atomic E-state index is 0.735. The molecule has 0 amide bonds. The van der Waals surface area contributed by atoms with Crippen molar-refractivity contribution in [1.29, 1.82) is 0 Å². The van der Waals surface area contributed by atoms with Crippen molar-refractivity contribution >= 4 is 44.9 Å². The second kappa shape index (κ2) is 12.9. The summed E-state index contributed by atoms with van der Waals surface area (Å²) in [4.78, 5) is 5.16. The van der Waals surface area contributed by atoms with E-state index in [1.165, 1.54) is 0 Å². The highest BCUT2D eigenvalue weighted by molar-refractivity contribution is 7.85. The molecule has 0 atom stereocenters. The van der Waals surface area contributed by atoms with Gasteiger partial charge in [-0.3, -0.25) is 0 Å². The lowest BCUT2D eigenvalue weighted by molar-refractivity contribution is 0.592. The van der Waals surface area contributed by atoms with Gasteiger partial charge >= 0.3 is 0 Å². The maximum Gasteiger partial charge on any atom is 0.171 e. The predicted octanol–water partition coefficient (Wildman–Crippen LogP) is 11.3. The van der Waals surface area contributed by atoms with Crippen molar-refractivity contribution < 1.29 is 8.98 Å². The van der Waals surface area contributed by atoms with Gasteiger partial charge in [-0.25, -0.2) is 4.98 Å². The van der Waals surface area contributed by atoms with E-state index in [2.05, 4.69) is 78.9 Å². The molecule has 0 N–H and O–H groups in total. The van der Waals surface area contributed by atoms with Crippen molar-refractivity contribution in [3.8, 4) is 44.8 Å². The monoisotopic (exact) mass is 673 g/mol. The van der Waals surface area contributed by atoms with Crippen LogP contribution in [0.2, 0.25) is 0 Å². The Hall–Kier alpha value is -6.28. The number of hydrogen-bond acceptors (Lipinski definition) is 3. The third kappa shape index (κ3) is 5.40. The molecule has 0 saturated heterocycles. The number of nitrogens with zero attached hydrogens (tertiary/aromatic N) is 1. The second-order valence-corrected chi connectivity index (χ2v) is 15.4. The Balaban J connectivity index is 1.31. The fourth-order valence-electron chi connectivity index (χ4n) is 7.11. The van der Waals surface area contributed by atoms with Crippen molar-refractivity contribution in [2.75, 3.05) is 0 Å². The zero-order valence-corrected chi connectivity index (χ0v) is 28.6. The fraction of sp³-hybridized carbons (Fsp3) is 0. The summed E-state index contributed by atoms with van der Waals surface area (Å²) in [6.45, 7) is 0. The first-order valence-corrected chi connectivity index (χ1v) is 18.8. The van der Waals surface area contributed by atoms with Gasteiger partial charge < -0.3 is 8.98 Å². The number of benzene rings is 7. The van der Waals surface area contributed by atoms with Gasteiger partial charge in [-0.15, -0.1) is 0 Å². The van der Waals surface area contributed by atoms with Crippen molar-refractivity contribution in [3.05, 3.63) is 194 Å². The first-order valence-electron chi connectivity index (χ1n) is 17.1. The maximum atomic E-state index is 15.2. The van der Waals surface area contributed by atoms with Gasteiger partial charge in [-0.1, -0.05) is 182 Å². The first kappa shape index (κ1) is 30.8. The minimum atomic E-state index is -3.15. The van der Waals surface area contributed by atoms with Crippen molar-refractivity contribution in [2.45, 2.75) is 0 Å². The van der Waals surface area contributed by atoms with Crippen LogP contribution in [0.3, 0.4) is 0 Å². The molecule has 0 saturated carbocycles. The lowest BCUT2D eigenvalue weighted by atomic mass is 9.93. The van der Waals surface area contributed by atoms with E-state index >= 15 is 4.57 Å². The Morgan fingerprint density at radius 3 is 1.59 bits per heavy atom. The van der Waals surface area contributed by atoms with E-state index < -0.39 is 7.14 Å². The van der Waals surface area contributed by atoms with Crippen molar-refractivity contribution in [2.24, 2.45) is 0 Å². The molecule has 51 heavy (non-hydrogen) atoms. The summed E-state index contributed by atoms with van der Waals surface area (Å²) in [5.41, 5.74) is 8.63. The third-order valence-corrected chi connectivity index (χ3v) is 12.6. The highest BCUT2D eigenvalue weighted by Gasteiger charge is 2.30. The lowest BCUT2D eigenvalue weighted by Crippen LogP contribution is -2.24. The average Bonchev–Trinajstić information content (AvgIpc) is 3.63. The Bertz CT molecular complexity index is 2640. The van der Waals surface area contributed by atoms with Crippen LogP contribution < -0.4 is 15.9 Å². The smallest absolute Gasteiger partial charge is 0.171 e. The molecule has 9 rings (SSSR count). The molecule has 0 fully saturated rings. The summed E-state index contributed by atoms with van der Waals surface area (Å²) in [6.07, 6.45) is 0. The van der Waals surface area contributed by atoms with E-state index in [9.17, 15) is 0 Å². The van der Waals surface area contributed by atoms with E-state index in [0.29, 0.717) is 0 Å². The number of para-hydroxylation sites is 1. The number of pyridine rings is 1. The molecule has 2 aromatic heterocycles. The van der Waals surface area contributed by atoms with Crippen LogP contribution in [0.5, 0.6) is 0 Å². The molecule has 9 aromatic rings. The summed E-state index contributed by atoms with van der Waals surface area (Å²) >= 11 is 0. The molecule has 0 bridgehead atoms. The quantitative estimate of drug-likeness (QED) is 0.158. The molecule has 0 aliphatic heterocycles. The number of aromatic nitrogens is 1. The van der Waals surface area contributed by atoms with Gasteiger partial charge in [0.1, 0.15) is 11.5 Å². The van der Waals surface area contributed by atoms with Crippen molar-refractivity contribution in [1.82, 2.24) is 4.98 Å². The van der Waals surface area contributed by atoms with Crippen LogP contribution in [0.4, 0.5) is 0 Å². The number of furan rings is 1. The zero-order chi connectivity index (χ0) is 34.2. The lowest BCUT2D eigenvalue weighted by Gasteiger charge is -2.20. The molecule has 7 aromatic carbocycles. The highest BCUT2D eigenvalue weighted by atomic mass is 31.2. The number of hydrogen-bond donors (Lipinski definition) is 0. The molecule has 0 aliphatic carbocycles. The molecule has 242 valence electrons. The van der Waals surface area contributed by atoms with Crippen LogP contribution >= 0.6 is 7.14 Å². The zero-order valence-electron chi connectivity index (χ0n) is 27.7. The molecule has 4 heteroatoms. The van der Waals surface area contributed by atoms with Crippen LogP contribution in [-0.4, -0.2) is 4.98 Å². The van der Waals surface area contributed by atoms with Gasteiger partial charge in [0.25, 0.3) is 0 Å². The summed E-state index contributed by atoms with van der Waals surface area (Å²) in [6, 6.07) is 65.3. The van der Waals surface area contributed by atoms with Crippen LogP contribution in [0, 0.1) is 0 Å². The van der Waals surface area contributed by atoms with Gasteiger partial charge in [-0.2, -0.15) is 0 Å². The Labute approximate surface area is 296 Å². The van der Waals surface area contributed by atoms with Crippen LogP contribution in [-0.2, 0) is 4.57 Å². The second-order valence-electron chi connectivity index (χ2n) is 12.6. The van der Waals surface area contributed by atoms with E-state index in [4.69, 9.17) is 9.40 Å². The van der Waals surface area contributed by atoms with Gasteiger partial charge in [-0.05, 0) is 28.8 Å². The SMILES string of the molecule is O=P(c1ccccc1)(c1ccccc1)c1ccc(-c2oc3c(-c4ccccc4)nc4ccccc4c3c2-c2cccc(-c3ccccc3)c2)cc1. The summed E-state index contributed by atoms with van der Waals surface area (Å²) in [5, 5.41) is 4.41. The maximum absolute atomic E-state index is 15.2. The summed E-state index contributed by atoms with van der Waals surface area (Å²) < 4.78 is 22.2. The minimum Gasteiger partial charge on any atom is -0.453 e. The van der Waals surface area contributed by atoms with Crippen LogP contribution in [0.15, 0.2) is 199 Å². The first-order chi connectivity index (χ1) is 25.2. The Morgan fingerprint density at radius 1 is 0.431 bits per heavy atom. The van der Waals surface area contributed by atoms with E-state index in [1.807, 2.05) is 115 Å².